The van der Waals surface area contributed by atoms with Gasteiger partial charge >= 0.3 is 0 Å². The first-order chi connectivity index (χ1) is 5.67. The second kappa shape index (κ2) is 5.90. The van der Waals surface area contributed by atoms with Crippen molar-refractivity contribution in [1.29, 1.82) is 0 Å². The summed E-state index contributed by atoms with van der Waals surface area (Å²) in [5.41, 5.74) is 3.39. The van der Waals surface area contributed by atoms with Crippen molar-refractivity contribution >= 4 is 12.6 Å². The Hall–Kier alpha value is -0.690. The molecule has 0 rings (SSSR count). The highest BCUT2D eigenvalue weighted by atomic mass is 32.1. The van der Waals surface area contributed by atoms with Gasteiger partial charge < -0.3 is 0 Å². The quantitative estimate of drug-likeness (QED) is 0.494. The molecule has 0 nitrogen and oxygen atoms in total. The van der Waals surface area contributed by atoms with Crippen LogP contribution in [0.1, 0.15) is 20.8 Å². The van der Waals surface area contributed by atoms with Crippen LogP contribution in [0.15, 0.2) is 46.9 Å². The zero-order valence-electron chi connectivity index (χ0n) is 7.96. The topological polar surface area (TPSA) is 0 Å². The van der Waals surface area contributed by atoms with Gasteiger partial charge in [-0.05, 0) is 49.0 Å². The highest BCUT2D eigenvalue weighted by molar-refractivity contribution is 7.83. The highest BCUT2D eigenvalue weighted by Gasteiger charge is 1.98. The molecule has 0 fully saturated rings. The molecule has 0 saturated heterocycles. The lowest BCUT2D eigenvalue weighted by atomic mass is 10.0. The van der Waals surface area contributed by atoms with E-state index in [9.17, 15) is 0 Å². The summed E-state index contributed by atoms with van der Waals surface area (Å²) < 4.78 is 0. The summed E-state index contributed by atoms with van der Waals surface area (Å²) in [6.45, 7) is 10.1. The van der Waals surface area contributed by atoms with Crippen molar-refractivity contribution < 1.29 is 0 Å². The van der Waals surface area contributed by atoms with E-state index in [1.165, 1.54) is 5.57 Å². The molecule has 0 saturated carbocycles. The van der Waals surface area contributed by atoms with E-state index in [0.29, 0.717) is 0 Å². The fraction of sp³-hybridized carbons (Fsp3) is 0.273. The van der Waals surface area contributed by atoms with Crippen LogP contribution in [0.5, 0.6) is 0 Å². The maximum absolute atomic E-state index is 4.02. The van der Waals surface area contributed by atoms with Crippen LogP contribution in [-0.4, -0.2) is 0 Å². The van der Waals surface area contributed by atoms with Gasteiger partial charge in [0, 0.05) is 0 Å². The van der Waals surface area contributed by atoms with Crippen LogP contribution in [-0.2, 0) is 0 Å². The van der Waals surface area contributed by atoms with Crippen molar-refractivity contribution in [3.05, 3.63) is 46.9 Å². The fourth-order valence-corrected chi connectivity index (χ4v) is 1.01. The van der Waals surface area contributed by atoms with Crippen LogP contribution in [0.4, 0.5) is 0 Å². The highest BCUT2D eigenvalue weighted by Crippen LogP contribution is 2.18. The average Bonchev–Trinajstić information content (AvgIpc) is 2.11. The standard InChI is InChI=1S/C11H16S/c1-5-9(3)10(4)11(6-2)7-8-12/h5-8,12H,4H2,1-3H3/b8-7-,9-5-,11-6+. The predicted octanol–water partition coefficient (Wildman–Crippen LogP) is 3.90. The molecule has 0 spiro atoms. The molecule has 0 heterocycles. The Kier molecular flexibility index (Phi) is 5.56. The van der Waals surface area contributed by atoms with Gasteiger partial charge in [0.2, 0.25) is 0 Å². The monoisotopic (exact) mass is 180 g/mol. The zero-order chi connectivity index (χ0) is 9.56. The first-order valence-electron chi connectivity index (χ1n) is 3.97. The molecule has 0 aliphatic rings. The van der Waals surface area contributed by atoms with E-state index < -0.39 is 0 Å². The van der Waals surface area contributed by atoms with Crippen molar-refractivity contribution in [3.8, 4) is 0 Å². The molecular formula is C11H16S. The molecule has 0 amide bonds. The summed E-state index contributed by atoms with van der Waals surface area (Å²) in [7, 11) is 0. The number of allylic oxidation sites excluding steroid dienone is 6. The fourth-order valence-electron chi connectivity index (χ4n) is 0.853. The molecule has 0 atom stereocenters. The lowest BCUT2D eigenvalue weighted by Crippen LogP contribution is -1.85. The van der Waals surface area contributed by atoms with E-state index in [1.54, 1.807) is 5.41 Å². The number of thiol groups is 1. The third-order valence-corrected chi connectivity index (χ3v) is 1.97. The van der Waals surface area contributed by atoms with Crippen LogP contribution in [0.3, 0.4) is 0 Å². The normalized spacial score (nSPS) is 14.0. The maximum Gasteiger partial charge on any atom is -0.0225 e. The zero-order valence-corrected chi connectivity index (χ0v) is 8.86. The second-order valence-corrected chi connectivity index (χ2v) is 2.81. The molecule has 0 aliphatic carbocycles. The molecule has 0 unspecified atom stereocenters. The largest absolute Gasteiger partial charge is 0.151 e. The summed E-state index contributed by atoms with van der Waals surface area (Å²) in [6, 6.07) is 0. The van der Waals surface area contributed by atoms with Gasteiger partial charge in [0.15, 0.2) is 0 Å². The Balaban J connectivity index is 4.68. The lowest BCUT2D eigenvalue weighted by molar-refractivity contribution is 1.36. The van der Waals surface area contributed by atoms with E-state index in [0.717, 1.165) is 11.1 Å². The summed E-state index contributed by atoms with van der Waals surface area (Å²) in [6.07, 6.45) is 6.03. The maximum atomic E-state index is 4.02. The van der Waals surface area contributed by atoms with Gasteiger partial charge in [0.05, 0.1) is 0 Å². The Morgan fingerprint density at radius 3 is 2.17 bits per heavy atom. The third-order valence-electron chi connectivity index (χ3n) is 1.82. The SMILES string of the molecule is C=C(/C(C)=C\C)C(/C=C\S)=C/C. The van der Waals surface area contributed by atoms with Crippen molar-refractivity contribution in [1.82, 2.24) is 0 Å². The van der Waals surface area contributed by atoms with Gasteiger partial charge in [-0.1, -0.05) is 18.7 Å². The van der Waals surface area contributed by atoms with Crippen molar-refractivity contribution in [2.75, 3.05) is 0 Å². The average molecular weight is 180 g/mol. The van der Waals surface area contributed by atoms with Crippen molar-refractivity contribution in [2.24, 2.45) is 0 Å². The molecular weight excluding hydrogens is 164 g/mol. The molecule has 0 radical (unpaired) electrons. The molecule has 66 valence electrons. The Labute approximate surface area is 80.8 Å². The van der Waals surface area contributed by atoms with Gasteiger partial charge in [-0.25, -0.2) is 0 Å². The van der Waals surface area contributed by atoms with Crippen molar-refractivity contribution in [2.45, 2.75) is 20.8 Å². The van der Waals surface area contributed by atoms with Crippen molar-refractivity contribution in [3.63, 3.8) is 0 Å². The van der Waals surface area contributed by atoms with E-state index in [2.05, 4.69) is 32.2 Å². The van der Waals surface area contributed by atoms with E-state index in [-0.39, 0.29) is 0 Å². The molecule has 0 aromatic carbocycles. The number of rotatable bonds is 3. The van der Waals surface area contributed by atoms with E-state index in [1.807, 2.05) is 26.0 Å². The van der Waals surface area contributed by atoms with Crippen LogP contribution in [0.25, 0.3) is 0 Å². The van der Waals surface area contributed by atoms with Gasteiger partial charge in [-0.15, -0.1) is 0 Å². The smallest absolute Gasteiger partial charge is 0.0225 e. The Morgan fingerprint density at radius 1 is 1.25 bits per heavy atom. The summed E-state index contributed by atoms with van der Waals surface area (Å²) in [5, 5.41) is 1.73. The third kappa shape index (κ3) is 3.14. The minimum atomic E-state index is 1.06. The van der Waals surface area contributed by atoms with Crippen LogP contribution in [0.2, 0.25) is 0 Å². The van der Waals surface area contributed by atoms with Gasteiger partial charge in [0.25, 0.3) is 0 Å². The molecule has 0 aromatic heterocycles. The van der Waals surface area contributed by atoms with Crippen LogP contribution >= 0.6 is 12.6 Å². The minimum Gasteiger partial charge on any atom is -0.151 e. The van der Waals surface area contributed by atoms with Crippen LogP contribution in [0, 0.1) is 0 Å². The van der Waals surface area contributed by atoms with E-state index >= 15 is 0 Å². The van der Waals surface area contributed by atoms with Gasteiger partial charge in [-0.3, -0.25) is 0 Å². The first-order valence-corrected chi connectivity index (χ1v) is 4.48. The summed E-state index contributed by atoms with van der Waals surface area (Å²) in [5.74, 6) is 0. The minimum absolute atomic E-state index is 1.06. The van der Waals surface area contributed by atoms with Crippen LogP contribution < -0.4 is 0 Å². The van der Waals surface area contributed by atoms with Gasteiger partial charge in [0.1, 0.15) is 0 Å². The molecule has 0 N–H and O–H groups in total. The molecule has 0 aliphatic heterocycles. The Bertz CT molecular complexity index is 242. The Morgan fingerprint density at radius 2 is 1.83 bits per heavy atom. The summed E-state index contributed by atoms with van der Waals surface area (Å²) >= 11 is 4.02. The second-order valence-electron chi connectivity index (χ2n) is 2.51. The predicted molar refractivity (Wildman–Crippen MR) is 60.5 cm³/mol. The first kappa shape index (κ1) is 11.3. The van der Waals surface area contributed by atoms with Gasteiger partial charge in [-0.2, -0.15) is 12.6 Å². The number of hydrogen-bond acceptors (Lipinski definition) is 1. The molecule has 0 aromatic rings. The molecule has 12 heavy (non-hydrogen) atoms. The molecule has 1 heteroatoms. The van der Waals surface area contributed by atoms with E-state index in [4.69, 9.17) is 0 Å². The summed E-state index contributed by atoms with van der Waals surface area (Å²) in [4.78, 5) is 0. The lowest BCUT2D eigenvalue weighted by Gasteiger charge is -2.05. The molecule has 0 bridgehead atoms. The number of hydrogen-bond donors (Lipinski definition) is 1.